The molecule has 0 spiro atoms. The summed E-state index contributed by atoms with van der Waals surface area (Å²) in [7, 11) is 0. The van der Waals surface area contributed by atoms with Crippen LogP contribution >= 0.6 is 0 Å². The van der Waals surface area contributed by atoms with Crippen molar-refractivity contribution in [2.45, 2.75) is 26.2 Å². The summed E-state index contributed by atoms with van der Waals surface area (Å²) in [4.78, 5) is 23.9. The second-order valence-corrected chi connectivity index (χ2v) is 5.74. The van der Waals surface area contributed by atoms with Gasteiger partial charge in [-0.2, -0.15) is 0 Å². The Hall–Kier alpha value is -3.08. The second kappa shape index (κ2) is 6.81. The minimum Gasteiger partial charge on any atom is -0.507 e. The van der Waals surface area contributed by atoms with Gasteiger partial charge >= 0.3 is 11.6 Å². The lowest BCUT2D eigenvalue weighted by Gasteiger charge is -2.19. The van der Waals surface area contributed by atoms with E-state index in [1.165, 1.54) is 6.92 Å². The molecule has 2 aromatic carbocycles. The van der Waals surface area contributed by atoms with Crippen molar-refractivity contribution in [1.82, 2.24) is 0 Å². The highest BCUT2D eigenvalue weighted by molar-refractivity contribution is 5.84. The molecule has 128 valence electrons. The third-order valence-electron chi connectivity index (χ3n) is 4.12. The fraction of sp³-hybridized carbons (Fsp3) is 0.200. The lowest BCUT2D eigenvalue weighted by atomic mass is 9.88. The molecule has 0 bridgehead atoms. The first kappa shape index (κ1) is 16.8. The topological polar surface area (TPSA) is 76.7 Å². The van der Waals surface area contributed by atoms with Gasteiger partial charge in [0.2, 0.25) is 0 Å². The Labute approximate surface area is 144 Å². The molecule has 0 fully saturated rings. The van der Waals surface area contributed by atoms with Crippen molar-refractivity contribution in [3.63, 3.8) is 0 Å². The Morgan fingerprint density at radius 3 is 2.56 bits per heavy atom. The van der Waals surface area contributed by atoms with E-state index in [1.54, 1.807) is 48.5 Å². The van der Waals surface area contributed by atoms with Crippen LogP contribution in [-0.4, -0.2) is 11.1 Å². The molecule has 0 aliphatic carbocycles. The normalized spacial score (nSPS) is 12.1. The van der Waals surface area contributed by atoms with E-state index in [4.69, 9.17) is 9.15 Å². The Kier molecular flexibility index (Phi) is 4.57. The molecule has 0 radical (unpaired) electrons. The van der Waals surface area contributed by atoms with Crippen LogP contribution in [0.5, 0.6) is 11.5 Å². The van der Waals surface area contributed by atoms with Gasteiger partial charge in [-0.1, -0.05) is 37.3 Å². The summed E-state index contributed by atoms with van der Waals surface area (Å²) in [6.45, 7) is 3.21. The van der Waals surface area contributed by atoms with Gasteiger partial charge in [-0.15, -0.1) is 0 Å². The minimum absolute atomic E-state index is 0.101. The minimum atomic E-state index is -0.597. The lowest BCUT2D eigenvalue weighted by molar-refractivity contribution is -0.131. The van der Waals surface area contributed by atoms with Gasteiger partial charge in [-0.05, 0) is 24.6 Å². The molecule has 0 unspecified atom stereocenters. The zero-order valence-corrected chi connectivity index (χ0v) is 14.0. The van der Waals surface area contributed by atoms with Crippen molar-refractivity contribution in [3.05, 3.63) is 70.1 Å². The number of fused-ring (bicyclic) bond motifs is 1. The summed E-state index contributed by atoms with van der Waals surface area (Å²) in [6, 6.07) is 13.8. The first-order valence-corrected chi connectivity index (χ1v) is 8.05. The van der Waals surface area contributed by atoms with Crippen LogP contribution in [0.1, 0.15) is 37.3 Å². The number of carbonyl (C=O) groups excluding carboxylic acids is 1. The summed E-state index contributed by atoms with van der Waals surface area (Å²) in [6.07, 6.45) is 0.523. The molecule has 0 aliphatic heterocycles. The fourth-order valence-corrected chi connectivity index (χ4v) is 3.05. The maximum atomic E-state index is 12.5. The van der Waals surface area contributed by atoms with Crippen LogP contribution in [0.2, 0.25) is 0 Å². The molecular formula is C20H18O5. The summed E-state index contributed by atoms with van der Waals surface area (Å²) in [5.74, 6) is -0.640. The number of esters is 1. The van der Waals surface area contributed by atoms with E-state index in [9.17, 15) is 14.7 Å². The SMILES string of the molecule is CC[C@H](c1ccccc1OC(C)=O)c1c(O)c2ccccc2oc1=O. The number of carbonyl (C=O) groups is 1. The van der Waals surface area contributed by atoms with E-state index in [1.807, 2.05) is 6.92 Å². The highest BCUT2D eigenvalue weighted by Crippen LogP contribution is 2.39. The van der Waals surface area contributed by atoms with Crippen molar-refractivity contribution >= 4 is 16.9 Å². The van der Waals surface area contributed by atoms with Crippen LogP contribution in [0, 0.1) is 0 Å². The Morgan fingerprint density at radius 1 is 1.16 bits per heavy atom. The highest BCUT2D eigenvalue weighted by Gasteiger charge is 2.26. The van der Waals surface area contributed by atoms with Gasteiger partial charge in [0.25, 0.3) is 0 Å². The zero-order chi connectivity index (χ0) is 18.0. The summed E-state index contributed by atoms with van der Waals surface area (Å²) < 4.78 is 10.6. The average Bonchev–Trinajstić information content (AvgIpc) is 2.59. The summed E-state index contributed by atoms with van der Waals surface area (Å²) in [5, 5.41) is 11.2. The molecule has 25 heavy (non-hydrogen) atoms. The van der Waals surface area contributed by atoms with Gasteiger partial charge in [0.1, 0.15) is 17.1 Å². The molecule has 0 saturated heterocycles. The number of para-hydroxylation sites is 2. The van der Waals surface area contributed by atoms with Gasteiger partial charge in [0.15, 0.2) is 0 Å². The maximum Gasteiger partial charge on any atom is 0.343 e. The molecule has 1 aromatic heterocycles. The molecule has 0 saturated carbocycles. The van der Waals surface area contributed by atoms with Crippen molar-refractivity contribution in [2.24, 2.45) is 0 Å². The van der Waals surface area contributed by atoms with E-state index < -0.39 is 17.5 Å². The predicted molar refractivity (Wildman–Crippen MR) is 94.0 cm³/mol. The largest absolute Gasteiger partial charge is 0.507 e. The van der Waals surface area contributed by atoms with Crippen LogP contribution in [0.25, 0.3) is 11.0 Å². The zero-order valence-electron chi connectivity index (χ0n) is 14.0. The number of aromatic hydroxyl groups is 1. The smallest absolute Gasteiger partial charge is 0.343 e. The molecule has 1 heterocycles. The first-order chi connectivity index (χ1) is 12.0. The van der Waals surface area contributed by atoms with Crippen LogP contribution in [-0.2, 0) is 4.79 Å². The standard InChI is InChI=1S/C20H18O5/c1-3-13(14-8-4-6-10-16(14)24-12(2)21)18-19(22)15-9-5-7-11-17(15)25-20(18)23/h4-11,13,22H,3H2,1-2H3/t13-/m1/s1. The fourth-order valence-electron chi connectivity index (χ4n) is 3.05. The van der Waals surface area contributed by atoms with Gasteiger partial charge < -0.3 is 14.3 Å². The van der Waals surface area contributed by atoms with Gasteiger partial charge in [0.05, 0.1) is 10.9 Å². The Balaban J connectivity index is 2.22. The number of hydrogen-bond donors (Lipinski definition) is 1. The van der Waals surface area contributed by atoms with E-state index in [2.05, 4.69) is 0 Å². The van der Waals surface area contributed by atoms with E-state index in [0.717, 1.165) is 0 Å². The van der Waals surface area contributed by atoms with Crippen LogP contribution in [0.15, 0.2) is 57.7 Å². The predicted octanol–water partition coefficient (Wildman–Crippen LogP) is 3.97. The monoisotopic (exact) mass is 338 g/mol. The highest BCUT2D eigenvalue weighted by atomic mass is 16.5. The first-order valence-electron chi connectivity index (χ1n) is 8.05. The molecule has 3 rings (SSSR count). The molecule has 5 nitrogen and oxygen atoms in total. The van der Waals surface area contributed by atoms with E-state index in [0.29, 0.717) is 28.7 Å². The molecule has 1 atom stereocenters. The third-order valence-corrected chi connectivity index (χ3v) is 4.12. The van der Waals surface area contributed by atoms with E-state index in [-0.39, 0.29) is 11.3 Å². The van der Waals surface area contributed by atoms with E-state index >= 15 is 0 Å². The molecule has 1 N–H and O–H groups in total. The average molecular weight is 338 g/mol. The summed E-state index contributed by atoms with van der Waals surface area (Å²) in [5.41, 5.74) is 0.552. The lowest BCUT2D eigenvalue weighted by Crippen LogP contribution is -2.15. The number of hydrogen-bond acceptors (Lipinski definition) is 5. The van der Waals surface area contributed by atoms with Crippen molar-refractivity contribution < 1.29 is 19.1 Å². The number of ether oxygens (including phenoxy) is 1. The van der Waals surface area contributed by atoms with Crippen LogP contribution in [0.4, 0.5) is 0 Å². The molecule has 0 aliphatic rings. The molecule has 0 amide bonds. The number of rotatable bonds is 4. The van der Waals surface area contributed by atoms with Crippen molar-refractivity contribution in [1.29, 1.82) is 0 Å². The summed E-state index contributed by atoms with van der Waals surface area (Å²) >= 11 is 0. The molecular weight excluding hydrogens is 320 g/mol. The van der Waals surface area contributed by atoms with Crippen molar-refractivity contribution in [3.8, 4) is 11.5 Å². The molecule has 3 aromatic rings. The second-order valence-electron chi connectivity index (χ2n) is 5.74. The van der Waals surface area contributed by atoms with Crippen LogP contribution in [0.3, 0.4) is 0 Å². The van der Waals surface area contributed by atoms with Crippen molar-refractivity contribution in [2.75, 3.05) is 0 Å². The Bertz CT molecular complexity index is 987. The maximum absolute atomic E-state index is 12.5. The van der Waals surface area contributed by atoms with Crippen LogP contribution < -0.4 is 10.4 Å². The van der Waals surface area contributed by atoms with Gasteiger partial charge in [-0.3, -0.25) is 4.79 Å². The van der Waals surface area contributed by atoms with Gasteiger partial charge in [0, 0.05) is 18.4 Å². The third kappa shape index (κ3) is 3.13. The number of benzene rings is 2. The Morgan fingerprint density at radius 2 is 1.84 bits per heavy atom. The quantitative estimate of drug-likeness (QED) is 0.442. The molecule has 5 heteroatoms. The van der Waals surface area contributed by atoms with Gasteiger partial charge in [-0.25, -0.2) is 4.79 Å².